The highest BCUT2D eigenvalue weighted by Gasteiger charge is 2.20. The minimum absolute atomic E-state index is 0.0539. The normalized spacial score (nSPS) is 15.1. The van der Waals surface area contributed by atoms with Gasteiger partial charge in [0.05, 0.1) is 23.0 Å². The number of hydrogen-bond donors (Lipinski definition) is 1. The topological polar surface area (TPSA) is 114 Å². The van der Waals surface area contributed by atoms with E-state index in [9.17, 15) is 18.5 Å². The van der Waals surface area contributed by atoms with Gasteiger partial charge in [0.15, 0.2) is 5.84 Å². The second-order valence-electron chi connectivity index (χ2n) is 6.94. The van der Waals surface area contributed by atoms with Crippen molar-refractivity contribution in [3.05, 3.63) is 82.4 Å². The zero-order valence-corrected chi connectivity index (χ0v) is 17.3. The van der Waals surface area contributed by atoms with Crippen molar-refractivity contribution in [1.29, 1.82) is 0 Å². The fraction of sp³-hybridized carbons (Fsp3) is 0.190. The fourth-order valence-corrected chi connectivity index (χ4v) is 4.16. The molecule has 0 bridgehead atoms. The number of ether oxygens (including phenoxy) is 1. The lowest BCUT2D eigenvalue weighted by Gasteiger charge is -2.29. The first kappa shape index (κ1) is 20.8. The first-order valence-electron chi connectivity index (χ1n) is 9.60. The van der Waals surface area contributed by atoms with Crippen LogP contribution in [-0.4, -0.2) is 50.4 Å². The quantitative estimate of drug-likeness (QED) is 0.282. The summed E-state index contributed by atoms with van der Waals surface area (Å²) in [5.41, 5.74) is 0.510. The standard InChI is InChI=1S/C21H20N4O5S/c26-25(27)19-8-5-17(6-9-19)21(24-11-13-30-14-12-24)22-23-31(28,29)20-10-7-16-3-1-2-4-18(16)15-20/h1-10,15,23H,11-14H2/b22-21+. The zero-order valence-electron chi connectivity index (χ0n) is 16.5. The summed E-state index contributed by atoms with van der Waals surface area (Å²) in [5, 5.41) is 16.9. The maximum absolute atomic E-state index is 12.9. The molecule has 0 aromatic heterocycles. The maximum Gasteiger partial charge on any atom is 0.276 e. The van der Waals surface area contributed by atoms with Crippen LogP contribution in [0, 0.1) is 10.1 Å². The van der Waals surface area contributed by atoms with Crippen molar-refractivity contribution in [2.75, 3.05) is 26.3 Å². The lowest BCUT2D eigenvalue weighted by atomic mass is 10.1. The van der Waals surface area contributed by atoms with Gasteiger partial charge in [0.2, 0.25) is 0 Å². The van der Waals surface area contributed by atoms with Crippen LogP contribution in [0.1, 0.15) is 5.56 Å². The summed E-state index contributed by atoms with van der Waals surface area (Å²) in [5.74, 6) is 0.377. The number of hydrazone groups is 1. The maximum atomic E-state index is 12.9. The third kappa shape index (κ3) is 4.65. The Labute approximate surface area is 179 Å². The summed E-state index contributed by atoms with van der Waals surface area (Å²) < 4.78 is 31.1. The number of morpholine rings is 1. The Bertz CT molecular complexity index is 1240. The summed E-state index contributed by atoms with van der Waals surface area (Å²) in [6.45, 7) is 1.99. The number of rotatable bonds is 5. The third-order valence-electron chi connectivity index (χ3n) is 4.95. The number of nitrogens with zero attached hydrogens (tertiary/aromatic N) is 3. The van der Waals surface area contributed by atoms with Gasteiger partial charge in [0.25, 0.3) is 15.7 Å². The lowest BCUT2D eigenvalue weighted by molar-refractivity contribution is -0.384. The van der Waals surface area contributed by atoms with Crippen molar-refractivity contribution in [2.45, 2.75) is 4.90 Å². The summed E-state index contributed by atoms with van der Waals surface area (Å²) in [7, 11) is -3.92. The Kier molecular flexibility index (Phi) is 5.83. The molecule has 10 heteroatoms. The minimum atomic E-state index is -3.92. The van der Waals surface area contributed by atoms with E-state index in [1.54, 1.807) is 24.3 Å². The van der Waals surface area contributed by atoms with Crippen LogP contribution >= 0.6 is 0 Å². The van der Waals surface area contributed by atoms with E-state index < -0.39 is 14.9 Å². The van der Waals surface area contributed by atoms with Crippen LogP contribution in [0.4, 0.5) is 5.69 Å². The number of hydrogen-bond acceptors (Lipinski definition) is 6. The van der Waals surface area contributed by atoms with Crippen LogP contribution in [0.25, 0.3) is 10.8 Å². The predicted molar refractivity (Wildman–Crippen MR) is 116 cm³/mol. The molecule has 1 aliphatic heterocycles. The van der Waals surface area contributed by atoms with Crippen molar-refractivity contribution < 1.29 is 18.1 Å². The van der Waals surface area contributed by atoms with Gasteiger partial charge in [0.1, 0.15) is 0 Å². The van der Waals surface area contributed by atoms with Gasteiger partial charge < -0.3 is 9.64 Å². The van der Waals surface area contributed by atoms with Gasteiger partial charge >= 0.3 is 0 Å². The van der Waals surface area contributed by atoms with E-state index in [1.165, 1.54) is 18.2 Å². The van der Waals surface area contributed by atoms with Crippen LogP contribution in [0.3, 0.4) is 0 Å². The molecule has 1 heterocycles. The van der Waals surface area contributed by atoms with E-state index in [0.29, 0.717) is 37.7 Å². The molecule has 3 aromatic rings. The summed E-state index contributed by atoms with van der Waals surface area (Å²) >= 11 is 0. The minimum Gasteiger partial charge on any atom is -0.378 e. The summed E-state index contributed by atoms with van der Waals surface area (Å²) in [6, 6.07) is 18.2. The third-order valence-corrected chi connectivity index (χ3v) is 6.16. The molecular weight excluding hydrogens is 420 g/mol. The van der Waals surface area contributed by atoms with E-state index >= 15 is 0 Å². The first-order valence-corrected chi connectivity index (χ1v) is 11.1. The van der Waals surface area contributed by atoms with Crippen molar-refractivity contribution in [1.82, 2.24) is 9.73 Å². The second-order valence-corrected chi connectivity index (χ2v) is 8.60. The van der Waals surface area contributed by atoms with Crippen molar-refractivity contribution in [3.8, 4) is 0 Å². The Balaban J connectivity index is 1.66. The molecule has 0 atom stereocenters. The van der Waals surface area contributed by atoms with Gasteiger partial charge in [-0.25, -0.2) is 0 Å². The van der Waals surface area contributed by atoms with E-state index in [-0.39, 0.29) is 10.6 Å². The monoisotopic (exact) mass is 440 g/mol. The summed E-state index contributed by atoms with van der Waals surface area (Å²) in [6.07, 6.45) is 0. The highest BCUT2D eigenvalue weighted by Crippen LogP contribution is 2.19. The summed E-state index contributed by atoms with van der Waals surface area (Å²) in [4.78, 5) is 14.8. The molecule has 4 rings (SSSR count). The SMILES string of the molecule is O=[N+]([O-])c1ccc(/C(=N\NS(=O)(=O)c2ccc3ccccc3c2)N2CCOCC2)cc1. The van der Waals surface area contributed by atoms with Crippen LogP contribution < -0.4 is 4.83 Å². The molecule has 9 nitrogen and oxygen atoms in total. The van der Waals surface area contributed by atoms with E-state index in [1.807, 2.05) is 29.2 Å². The molecular formula is C21H20N4O5S. The van der Waals surface area contributed by atoms with Gasteiger partial charge in [-0.3, -0.25) is 10.1 Å². The number of nitrogens with one attached hydrogen (secondary N) is 1. The fourth-order valence-electron chi connectivity index (χ4n) is 3.32. The number of nitro benzene ring substituents is 1. The predicted octanol–water partition coefficient (Wildman–Crippen LogP) is 2.72. The van der Waals surface area contributed by atoms with Crippen LogP contribution in [0.5, 0.6) is 0 Å². The molecule has 1 aliphatic rings. The zero-order chi connectivity index (χ0) is 21.8. The molecule has 0 spiro atoms. The van der Waals surface area contributed by atoms with Gasteiger partial charge in [0, 0.05) is 30.8 Å². The molecule has 1 saturated heterocycles. The Morgan fingerprint density at radius 3 is 2.35 bits per heavy atom. The van der Waals surface area contributed by atoms with Crippen LogP contribution in [0.2, 0.25) is 0 Å². The molecule has 3 aromatic carbocycles. The first-order chi connectivity index (χ1) is 14.9. The second kappa shape index (κ2) is 8.70. The van der Waals surface area contributed by atoms with E-state index in [4.69, 9.17) is 4.74 Å². The molecule has 0 amide bonds. The Hall–Kier alpha value is -3.50. The lowest BCUT2D eigenvalue weighted by Crippen LogP contribution is -2.42. The molecule has 0 saturated carbocycles. The molecule has 0 unspecified atom stereocenters. The van der Waals surface area contributed by atoms with Crippen molar-refractivity contribution in [2.24, 2.45) is 5.10 Å². The highest BCUT2D eigenvalue weighted by molar-refractivity contribution is 7.89. The number of benzene rings is 3. The van der Waals surface area contributed by atoms with Crippen LogP contribution in [0.15, 0.2) is 76.7 Å². The average Bonchev–Trinajstić information content (AvgIpc) is 2.80. The van der Waals surface area contributed by atoms with Gasteiger partial charge in [-0.05, 0) is 35.0 Å². The molecule has 0 radical (unpaired) electrons. The van der Waals surface area contributed by atoms with Gasteiger partial charge in [-0.1, -0.05) is 30.3 Å². The average molecular weight is 440 g/mol. The van der Waals surface area contributed by atoms with Gasteiger partial charge in [-0.15, -0.1) is 5.10 Å². The molecule has 160 valence electrons. The molecule has 0 aliphatic carbocycles. The van der Waals surface area contributed by atoms with Gasteiger partial charge in [-0.2, -0.15) is 13.2 Å². The van der Waals surface area contributed by atoms with E-state index in [0.717, 1.165) is 10.8 Å². The smallest absolute Gasteiger partial charge is 0.276 e. The highest BCUT2D eigenvalue weighted by atomic mass is 32.2. The number of nitro groups is 1. The largest absolute Gasteiger partial charge is 0.378 e. The van der Waals surface area contributed by atoms with Crippen molar-refractivity contribution in [3.63, 3.8) is 0 Å². The molecule has 31 heavy (non-hydrogen) atoms. The number of amidine groups is 1. The number of sulfonamides is 1. The Morgan fingerprint density at radius 1 is 1.00 bits per heavy atom. The molecule has 1 fully saturated rings. The van der Waals surface area contributed by atoms with E-state index in [2.05, 4.69) is 9.93 Å². The number of non-ortho nitro benzene ring substituents is 1. The Morgan fingerprint density at radius 2 is 1.68 bits per heavy atom. The molecule has 1 N–H and O–H groups in total. The number of fused-ring (bicyclic) bond motifs is 1. The van der Waals surface area contributed by atoms with Crippen molar-refractivity contribution >= 4 is 32.3 Å². The van der Waals surface area contributed by atoms with Crippen LogP contribution in [-0.2, 0) is 14.8 Å².